The maximum atomic E-state index is 12.3. The first-order valence-corrected chi connectivity index (χ1v) is 24.3. The van der Waals surface area contributed by atoms with Gasteiger partial charge in [-0.15, -0.1) is 0 Å². The summed E-state index contributed by atoms with van der Waals surface area (Å²) in [6, 6.07) is 64.3. The number of hydrogen-bond acceptors (Lipinski definition) is 9. The number of alkyl halides is 4. The molecule has 8 rings (SSSR count). The number of benzene rings is 6. The van der Waals surface area contributed by atoms with Crippen LogP contribution in [0.25, 0.3) is 0 Å². The number of esters is 1. The Kier molecular flexibility index (Phi) is 25.0. The zero-order valence-electron chi connectivity index (χ0n) is 39.1. The van der Waals surface area contributed by atoms with Crippen LogP contribution in [0.2, 0.25) is 0 Å². The molecule has 2 unspecified atom stereocenters. The van der Waals surface area contributed by atoms with Crippen molar-refractivity contribution < 1.29 is 56.7 Å². The Balaban J connectivity index is 0.000000241. The summed E-state index contributed by atoms with van der Waals surface area (Å²) in [6.45, 7) is 3.90. The van der Waals surface area contributed by atoms with Crippen LogP contribution >= 0.6 is 0 Å². The quantitative estimate of drug-likeness (QED) is 0.0620. The predicted molar refractivity (Wildman–Crippen MR) is 270 cm³/mol. The van der Waals surface area contributed by atoms with E-state index in [9.17, 15) is 27.2 Å². The third-order valence-corrected chi connectivity index (χ3v) is 13.7. The van der Waals surface area contributed by atoms with E-state index in [1.807, 2.05) is 13.8 Å². The predicted octanol–water partition coefficient (Wildman–Crippen LogP) is 11.0. The second kappa shape index (κ2) is 29.9. The summed E-state index contributed by atoms with van der Waals surface area (Å²) in [4.78, 5) is 32.7. The van der Waals surface area contributed by atoms with E-state index in [0.29, 0.717) is 20.5 Å². The highest BCUT2D eigenvalue weighted by atomic mass is 32.2. The second-order valence-corrected chi connectivity index (χ2v) is 19.7. The Labute approximate surface area is 419 Å². The Hall–Kier alpha value is -6.11. The lowest BCUT2D eigenvalue weighted by Gasteiger charge is -2.15. The molecule has 0 radical (unpaired) electrons. The van der Waals surface area contributed by atoms with Gasteiger partial charge in [0.1, 0.15) is 25.1 Å². The number of halogens is 4. The molecule has 378 valence electrons. The van der Waals surface area contributed by atoms with Crippen LogP contribution in [0.4, 0.5) is 17.6 Å². The van der Waals surface area contributed by atoms with E-state index >= 15 is 0 Å². The number of aliphatic hydroxyl groups excluding tert-OH is 3. The van der Waals surface area contributed by atoms with E-state index in [2.05, 4.69) is 192 Å². The van der Waals surface area contributed by atoms with Gasteiger partial charge in [-0.1, -0.05) is 117 Å². The molecule has 1 aromatic heterocycles. The fourth-order valence-corrected chi connectivity index (χ4v) is 10.2. The van der Waals surface area contributed by atoms with E-state index in [-0.39, 0.29) is 41.9 Å². The summed E-state index contributed by atoms with van der Waals surface area (Å²) in [5, 5.41) is 25.4. The molecule has 1 aliphatic rings. The minimum absolute atomic E-state index is 0. The molecule has 0 saturated carbocycles. The second-order valence-electron chi connectivity index (χ2n) is 15.6. The van der Waals surface area contributed by atoms with Crippen LogP contribution in [0.1, 0.15) is 39.9 Å². The third-order valence-electron chi connectivity index (χ3n) is 9.23. The van der Waals surface area contributed by atoms with Crippen molar-refractivity contribution in [2.75, 3.05) is 26.4 Å². The number of ether oxygens (including phenoxy) is 3. The monoisotopic (exact) mass is 1020 g/mol. The molecule has 0 bridgehead atoms. The maximum Gasteiger partial charge on any atom is 0.376 e. The van der Waals surface area contributed by atoms with Gasteiger partial charge in [0.2, 0.25) is 0 Å². The summed E-state index contributed by atoms with van der Waals surface area (Å²) in [5.41, 5.74) is 0. The first-order chi connectivity index (χ1) is 33.4. The standard InChI is InChI=1S/2C18H15S.C6H6F2N2O.C6H10F2O4.C6H12O3.CH4/c2*1-4-10-16(11-5-1)19(17-12-6-2-7-13-17)18-14-8-3-9-15-18;1-6(7,8)5(11)10-3-2-9-4-10;1-6(7,8)5(11)12-3-4(10)2-9;1-6(2)8-4-5(3-7)9-6;/h2*1-15H;2-4H,1H3;4,9-10H,2-3H2,1H3;5,7H,3-4H2,1-2H3;1H4/q2*+1;;;;. The van der Waals surface area contributed by atoms with E-state index in [1.54, 1.807) is 0 Å². The van der Waals surface area contributed by atoms with E-state index in [1.165, 1.54) is 41.8 Å². The van der Waals surface area contributed by atoms with Gasteiger partial charge in [-0.25, -0.2) is 9.78 Å². The smallest absolute Gasteiger partial charge is 0.376 e. The number of nitrogens with zero attached hydrogens (tertiary/aromatic N) is 2. The SMILES string of the molecule is C.CC(F)(F)C(=O)OCC(O)CO.CC(F)(F)C(=O)n1ccnc1.CC1(C)OCC(CO)O1.c1ccc([S+](c2ccccc2)c2ccccc2)cc1.c1ccc([S+](c2ccccc2)c2ccccc2)cc1. The lowest BCUT2D eigenvalue weighted by atomic mass is 10.3. The van der Waals surface area contributed by atoms with Gasteiger partial charge in [-0.05, 0) is 86.6 Å². The molecular formula is C55H62F4N2O8S2+2. The van der Waals surface area contributed by atoms with Crippen molar-refractivity contribution in [3.8, 4) is 0 Å². The zero-order chi connectivity index (χ0) is 51.0. The molecule has 2 heterocycles. The highest BCUT2D eigenvalue weighted by Crippen LogP contribution is 2.32. The van der Waals surface area contributed by atoms with Gasteiger partial charge in [-0.3, -0.25) is 9.36 Å². The lowest BCUT2D eigenvalue weighted by molar-refractivity contribution is -0.172. The molecule has 3 N–H and O–H groups in total. The summed E-state index contributed by atoms with van der Waals surface area (Å²) >= 11 is 0. The fraction of sp³-hybridized carbons (Fsp3) is 0.255. The van der Waals surface area contributed by atoms with Crippen molar-refractivity contribution in [2.45, 2.75) is 94.3 Å². The Morgan fingerprint density at radius 3 is 1.21 bits per heavy atom. The minimum Gasteiger partial charge on any atom is -0.458 e. The molecule has 10 nitrogen and oxygen atoms in total. The molecule has 1 fully saturated rings. The van der Waals surface area contributed by atoms with Crippen LogP contribution < -0.4 is 0 Å². The van der Waals surface area contributed by atoms with Crippen LogP contribution in [0.15, 0.2) is 230 Å². The first-order valence-electron chi connectivity index (χ1n) is 21.9. The number of hydrogen-bond donors (Lipinski definition) is 3. The molecule has 0 amide bonds. The molecular weight excluding hydrogens is 957 g/mol. The summed E-state index contributed by atoms with van der Waals surface area (Å²) in [7, 11) is -0.0293. The van der Waals surface area contributed by atoms with Crippen LogP contribution in [0.3, 0.4) is 0 Å². The van der Waals surface area contributed by atoms with Gasteiger partial charge >= 0.3 is 23.7 Å². The molecule has 1 saturated heterocycles. The largest absolute Gasteiger partial charge is 0.458 e. The molecule has 0 spiro atoms. The molecule has 16 heteroatoms. The highest BCUT2D eigenvalue weighted by molar-refractivity contribution is 7.97. The zero-order valence-corrected chi connectivity index (χ0v) is 40.8. The van der Waals surface area contributed by atoms with Gasteiger partial charge in [0.25, 0.3) is 0 Å². The van der Waals surface area contributed by atoms with Crippen molar-refractivity contribution in [3.05, 3.63) is 201 Å². The average molecular weight is 1020 g/mol. The van der Waals surface area contributed by atoms with Crippen molar-refractivity contribution in [3.63, 3.8) is 0 Å². The molecule has 7 aromatic rings. The fourth-order valence-electron chi connectivity index (χ4n) is 5.97. The van der Waals surface area contributed by atoms with Gasteiger partial charge < -0.3 is 29.5 Å². The van der Waals surface area contributed by atoms with Gasteiger partial charge in [0.05, 0.1) is 41.6 Å². The summed E-state index contributed by atoms with van der Waals surface area (Å²) in [6.07, 6.45) is 2.06. The number of rotatable bonds is 12. The van der Waals surface area contributed by atoms with Crippen molar-refractivity contribution in [2.24, 2.45) is 0 Å². The maximum absolute atomic E-state index is 12.3. The van der Waals surface area contributed by atoms with Gasteiger partial charge in [0, 0.05) is 26.2 Å². The lowest BCUT2D eigenvalue weighted by Crippen LogP contribution is -2.31. The van der Waals surface area contributed by atoms with E-state index in [4.69, 9.17) is 24.8 Å². The number of carbonyl (C=O) groups excluding carboxylic acids is 2. The number of aliphatic hydroxyl groups is 3. The number of imidazole rings is 1. The van der Waals surface area contributed by atoms with E-state index < -0.39 is 48.8 Å². The van der Waals surface area contributed by atoms with Crippen LogP contribution in [-0.4, -0.2) is 93.0 Å². The Bertz CT molecular complexity index is 2200. The third kappa shape index (κ3) is 20.6. The van der Waals surface area contributed by atoms with Crippen LogP contribution in [0.5, 0.6) is 0 Å². The Morgan fingerprint density at radius 2 is 1.00 bits per heavy atom. The summed E-state index contributed by atoms with van der Waals surface area (Å²) < 4.78 is 63.8. The van der Waals surface area contributed by atoms with Crippen molar-refractivity contribution >= 4 is 33.7 Å². The topological polar surface area (TPSA) is 140 Å². The molecule has 1 aliphatic heterocycles. The normalized spacial score (nSPS) is 14.0. The number of aromatic nitrogens is 2. The molecule has 0 aliphatic carbocycles. The van der Waals surface area contributed by atoms with Crippen molar-refractivity contribution in [1.82, 2.24) is 9.55 Å². The molecule has 71 heavy (non-hydrogen) atoms. The van der Waals surface area contributed by atoms with Gasteiger partial charge in [-0.2, -0.15) is 17.6 Å². The van der Waals surface area contributed by atoms with Crippen molar-refractivity contribution in [1.29, 1.82) is 0 Å². The van der Waals surface area contributed by atoms with Gasteiger partial charge in [0.15, 0.2) is 35.2 Å². The first kappa shape index (κ1) is 59.2. The minimum atomic E-state index is -3.56. The van der Waals surface area contributed by atoms with E-state index in [0.717, 1.165) is 10.9 Å². The Morgan fingerprint density at radius 1 is 0.662 bits per heavy atom. The highest BCUT2D eigenvalue weighted by Gasteiger charge is 2.35. The summed E-state index contributed by atoms with van der Waals surface area (Å²) in [5.74, 6) is -10.4. The molecule has 6 aromatic carbocycles. The molecule has 2 atom stereocenters. The van der Waals surface area contributed by atoms with Crippen LogP contribution in [0, 0.1) is 0 Å². The van der Waals surface area contributed by atoms with Crippen LogP contribution in [-0.2, 0) is 40.8 Å². The number of carbonyl (C=O) groups is 2. The average Bonchev–Trinajstić information content (AvgIpc) is 4.05.